The van der Waals surface area contributed by atoms with Gasteiger partial charge in [-0.05, 0) is 6.07 Å². The smallest absolute Gasteiger partial charge is 0.215 e. The molecule has 1 nitrogen and oxygen atoms in total. The second kappa shape index (κ2) is 6.28. The average Bonchev–Trinajstić information content (AvgIpc) is 3.00. The minimum Gasteiger partial charge on any atom is -0.215 e. The molecule has 0 aromatic carbocycles. The van der Waals surface area contributed by atoms with Crippen molar-refractivity contribution < 1.29 is 4.57 Å². The van der Waals surface area contributed by atoms with E-state index in [9.17, 15) is 0 Å². The molecule has 0 amide bonds. The number of nitrogens with zero attached hydrogens (tertiary/aromatic N) is 1. The summed E-state index contributed by atoms with van der Waals surface area (Å²) in [5.41, 5.74) is 1.60. The molecule has 1 saturated heterocycles. The molecule has 82 valence electrons. The first-order valence-electron chi connectivity index (χ1n) is 7.08. The Balaban J connectivity index is 2.23. The van der Waals surface area contributed by atoms with Crippen LogP contribution in [0.25, 0.3) is 0 Å². The molecule has 1 aromatic heterocycles. The van der Waals surface area contributed by atoms with Gasteiger partial charge in [-0.3, -0.25) is 0 Å². The van der Waals surface area contributed by atoms with Gasteiger partial charge >= 0.3 is 0 Å². The highest BCUT2D eigenvalue weighted by molar-refractivity contribution is 7.92. The molecule has 2 unspecified atom stereocenters. The Labute approximate surface area is 131 Å². The summed E-state index contributed by atoms with van der Waals surface area (Å²) in [7, 11) is 31.5. The van der Waals surface area contributed by atoms with Gasteiger partial charge < -0.3 is 0 Å². The molecule has 0 spiro atoms. The topological polar surface area (TPSA) is 3.88 Å². The third kappa shape index (κ3) is 3.02. The van der Waals surface area contributed by atoms with Crippen LogP contribution in [0.15, 0.2) is 24.4 Å². The van der Waals surface area contributed by atoms with Crippen LogP contribution in [0.5, 0.6) is 0 Å². The fraction of sp³-hybridized carbons (Fsp3) is 0.444. The SMILES string of the molecule is [B]B([B])B([B])B(B([B])[B])C1B(c2cccc[n+]2C)C1C. The summed E-state index contributed by atoms with van der Waals surface area (Å²) in [6, 6.07) is 6.19. The zero-order chi connectivity index (χ0) is 15.0. The minimum absolute atomic E-state index is 0.0739. The molecule has 0 aliphatic carbocycles. The van der Waals surface area contributed by atoms with Crippen LogP contribution in [-0.4, -0.2) is 71.0 Å². The molecule has 0 saturated carbocycles. The third-order valence-corrected chi connectivity index (χ3v) is 4.66. The van der Waals surface area contributed by atoms with E-state index in [-0.39, 0.29) is 12.9 Å². The molecule has 20 heavy (non-hydrogen) atoms. The van der Waals surface area contributed by atoms with Crippen molar-refractivity contribution in [2.24, 2.45) is 7.05 Å². The van der Waals surface area contributed by atoms with E-state index >= 15 is 0 Å². The Morgan fingerprint density at radius 1 is 1.10 bits per heavy atom. The fourth-order valence-corrected chi connectivity index (χ4v) is 3.46. The van der Waals surface area contributed by atoms with E-state index in [2.05, 4.69) is 17.6 Å². The van der Waals surface area contributed by atoms with Crippen molar-refractivity contribution >= 4 is 76.6 Å². The van der Waals surface area contributed by atoms with Gasteiger partial charge in [0.15, 0.2) is 6.20 Å². The molecule has 0 bridgehead atoms. The van der Waals surface area contributed by atoms with Gasteiger partial charge in [0.2, 0.25) is 0 Å². The van der Waals surface area contributed by atoms with Crippen LogP contribution >= 0.6 is 0 Å². The molecule has 11 heteroatoms. The molecular weight excluding hydrogens is 230 g/mol. The van der Waals surface area contributed by atoms with E-state index in [0.29, 0.717) is 18.2 Å². The minimum atomic E-state index is -0.604. The highest BCUT2D eigenvalue weighted by atomic mass is 14.9. The normalized spacial score (nSPS) is 20.4. The predicted octanol–water partition coefficient (Wildman–Crippen LogP) is -2.93. The molecule has 2 atom stereocenters. The van der Waals surface area contributed by atoms with Crippen LogP contribution in [0.3, 0.4) is 0 Å². The number of aromatic nitrogens is 1. The largest absolute Gasteiger partial charge is 0.256 e. The second-order valence-corrected chi connectivity index (χ2v) is 6.01. The first-order chi connectivity index (χ1) is 9.36. The van der Waals surface area contributed by atoms with Crippen molar-refractivity contribution in [1.82, 2.24) is 0 Å². The Hall–Kier alpha value is -0.201. The van der Waals surface area contributed by atoms with E-state index in [4.69, 9.17) is 38.7 Å². The van der Waals surface area contributed by atoms with Gasteiger partial charge in [0.1, 0.15) is 12.6 Å². The van der Waals surface area contributed by atoms with Crippen molar-refractivity contribution in [2.75, 3.05) is 0 Å². The monoisotopic (exact) mass is 244 g/mol. The maximum Gasteiger partial charge on any atom is 0.256 e. The highest BCUT2D eigenvalue weighted by Crippen LogP contribution is 2.50. The maximum atomic E-state index is 6.13. The lowest BCUT2D eigenvalue weighted by Crippen LogP contribution is -2.61. The standard InChI is InChI=1S/C9H12B10N/c1-7-9(16(17(10)11)19(14)18(12)13)15(7)8-5-3-4-6-20(8)2/h3-7,9H,1-2H3/q+1. The van der Waals surface area contributed by atoms with E-state index in [1.165, 1.54) is 5.59 Å². The molecule has 1 fully saturated rings. The summed E-state index contributed by atoms with van der Waals surface area (Å²) in [6.07, 6.45) is 0.545. The van der Waals surface area contributed by atoms with Crippen molar-refractivity contribution in [3.63, 3.8) is 0 Å². The number of hydrogen-bond acceptors (Lipinski definition) is 0. The summed E-state index contributed by atoms with van der Waals surface area (Å²) in [4.78, 5) is 0. The van der Waals surface area contributed by atoms with Gasteiger partial charge in [-0.15, -0.1) is 0 Å². The Kier molecular flexibility index (Phi) is 5.08. The molecule has 2 rings (SSSR count). The lowest BCUT2D eigenvalue weighted by Gasteiger charge is -2.26. The Bertz CT molecular complexity index is 468. The van der Waals surface area contributed by atoms with Crippen LogP contribution < -0.4 is 10.2 Å². The number of rotatable bonds is 5. The molecule has 1 aromatic rings. The average molecular weight is 242 g/mol. The highest BCUT2D eigenvalue weighted by Gasteiger charge is 2.60. The molecule has 1 aliphatic heterocycles. The van der Waals surface area contributed by atoms with Gasteiger partial charge in [0, 0.05) is 70.4 Å². The number of hydrogen-bond donors (Lipinski definition) is 0. The van der Waals surface area contributed by atoms with Crippen LogP contribution in [-0.2, 0) is 7.05 Å². The van der Waals surface area contributed by atoms with Gasteiger partial charge in [0.05, 0.1) is 0 Å². The van der Waals surface area contributed by atoms with E-state index < -0.39 is 12.8 Å². The fourth-order valence-electron chi connectivity index (χ4n) is 3.46. The summed E-state index contributed by atoms with van der Waals surface area (Å²) in [5, 5.41) is 0. The van der Waals surface area contributed by atoms with Gasteiger partial charge in [-0.2, -0.15) is 0 Å². The van der Waals surface area contributed by atoms with Crippen LogP contribution in [0.2, 0.25) is 11.5 Å². The molecular formula is C9H12B10N+. The van der Waals surface area contributed by atoms with Crippen molar-refractivity contribution in [1.29, 1.82) is 0 Å². The Morgan fingerprint density at radius 2 is 1.75 bits per heavy atom. The van der Waals surface area contributed by atoms with Gasteiger partial charge in [-0.1, -0.05) is 24.5 Å². The van der Waals surface area contributed by atoms with Crippen LogP contribution in [0.1, 0.15) is 6.92 Å². The quantitative estimate of drug-likeness (QED) is 0.384. The molecule has 2 heterocycles. The zero-order valence-electron chi connectivity index (χ0n) is 12.2. The van der Waals surface area contributed by atoms with E-state index in [1.54, 1.807) is 0 Å². The van der Waals surface area contributed by atoms with Crippen molar-refractivity contribution in [2.45, 2.75) is 18.5 Å². The number of pyridine rings is 1. The molecule has 1 aliphatic rings. The maximum absolute atomic E-state index is 6.13. The lowest BCUT2D eigenvalue weighted by molar-refractivity contribution is -0.654. The van der Waals surface area contributed by atoms with Crippen molar-refractivity contribution in [3.05, 3.63) is 24.4 Å². The van der Waals surface area contributed by atoms with E-state index in [0.717, 1.165) is 0 Å². The van der Waals surface area contributed by atoms with Crippen LogP contribution in [0, 0.1) is 0 Å². The van der Waals surface area contributed by atoms with E-state index in [1.807, 2.05) is 25.4 Å². The summed E-state index contributed by atoms with van der Waals surface area (Å²) in [5.74, 6) is 0.480. The van der Waals surface area contributed by atoms with Gasteiger partial charge in [-0.25, -0.2) is 4.57 Å². The van der Waals surface area contributed by atoms with Gasteiger partial charge in [0.25, 0.3) is 6.71 Å². The number of aryl methyl sites for hydroxylation is 1. The molecule has 10 radical (unpaired) electrons. The Morgan fingerprint density at radius 3 is 2.25 bits per heavy atom. The zero-order valence-corrected chi connectivity index (χ0v) is 12.2. The predicted molar refractivity (Wildman–Crippen MR) is 98.0 cm³/mol. The van der Waals surface area contributed by atoms with Crippen LogP contribution in [0.4, 0.5) is 0 Å². The van der Waals surface area contributed by atoms with Crippen molar-refractivity contribution in [3.8, 4) is 0 Å². The first kappa shape index (κ1) is 16.2. The third-order valence-electron chi connectivity index (χ3n) is 4.66. The first-order valence-corrected chi connectivity index (χ1v) is 7.08. The lowest BCUT2D eigenvalue weighted by atomic mass is 8.62. The summed E-state index contributed by atoms with van der Waals surface area (Å²) >= 11 is 0. The summed E-state index contributed by atoms with van der Waals surface area (Å²) < 4.78 is 2.13. The molecule has 0 N–H and O–H groups in total. The summed E-state index contributed by atoms with van der Waals surface area (Å²) in [6.45, 7) is 2.53. The second-order valence-electron chi connectivity index (χ2n) is 6.01.